The maximum absolute atomic E-state index is 12.2. The fourth-order valence-electron chi connectivity index (χ4n) is 2.64. The molecule has 2 aromatic rings. The largest absolute Gasteiger partial charge is 0.423 e. The van der Waals surface area contributed by atoms with E-state index in [0.717, 1.165) is 28.3 Å². The van der Waals surface area contributed by atoms with Crippen molar-refractivity contribution in [1.82, 2.24) is 0 Å². The Labute approximate surface area is 140 Å². The zero-order valence-corrected chi connectivity index (χ0v) is 13.5. The number of carbonyl (C=O) groups is 2. The topological polar surface area (TPSA) is 52.6 Å². The molecule has 1 aliphatic rings. The van der Waals surface area contributed by atoms with Crippen LogP contribution in [0, 0.1) is 13.8 Å². The zero-order valence-electron chi connectivity index (χ0n) is 13.5. The third-order valence-electron chi connectivity index (χ3n) is 3.70. The molecule has 0 unspecified atom stereocenters. The highest BCUT2D eigenvalue weighted by Gasteiger charge is 2.28. The van der Waals surface area contributed by atoms with Crippen LogP contribution in [0.25, 0.3) is 11.6 Å². The first kappa shape index (κ1) is 15.7. The second-order valence-corrected chi connectivity index (χ2v) is 5.60. The second kappa shape index (κ2) is 6.16. The molecule has 0 atom stereocenters. The SMILES string of the molecule is C=CC(=O)Oc1ccc(/C=C2\C(=O)Oc3c(C)cc(C)cc32)cc1. The number of rotatable bonds is 3. The van der Waals surface area contributed by atoms with E-state index in [4.69, 9.17) is 9.47 Å². The van der Waals surface area contributed by atoms with Gasteiger partial charge in [-0.2, -0.15) is 0 Å². The van der Waals surface area contributed by atoms with Crippen LogP contribution in [-0.4, -0.2) is 11.9 Å². The smallest absolute Gasteiger partial charge is 0.344 e. The average Bonchev–Trinajstić information content (AvgIpc) is 2.86. The fraction of sp³-hybridized carbons (Fsp3) is 0.100. The van der Waals surface area contributed by atoms with Crippen LogP contribution in [-0.2, 0) is 9.59 Å². The molecule has 0 aliphatic carbocycles. The van der Waals surface area contributed by atoms with E-state index in [1.165, 1.54) is 0 Å². The van der Waals surface area contributed by atoms with Crippen LogP contribution in [0.3, 0.4) is 0 Å². The molecule has 0 bridgehead atoms. The van der Waals surface area contributed by atoms with E-state index in [9.17, 15) is 9.59 Å². The molecule has 0 saturated carbocycles. The third kappa shape index (κ3) is 2.99. The fourth-order valence-corrected chi connectivity index (χ4v) is 2.64. The Bertz CT molecular complexity index is 873. The van der Waals surface area contributed by atoms with Gasteiger partial charge < -0.3 is 9.47 Å². The molecular weight excluding hydrogens is 304 g/mol. The summed E-state index contributed by atoms with van der Waals surface area (Å²) in [6.45, 7) is 7.26. The van der Waals surface area contributed by atoms with Crippen LogP contribution in [0.5, 0.6) is 11.5 Å². The van der Waals surface area contributed by atoms with Gasteiger partial charge >= 0.3 is 11.9 Å². The summed E-state index contributed by atoms with van der Waals surface area (Å²) >= 11 is 0. The molecule has 0 saturated heterocycles. The van der Waals surface area contributed by atoms with Crippen LogP contribution in [0.4, 0.5) is 0 Å². The zero-order chi connectivity index (χ0) is 17.3. The summed E-state index contributed by atoms with van der Waals surface area (Å²) in [6.07, 6.45) is 2.87. The van der Waals surface area contributed by atoms with Crippen molar-refractivity contribution in [2.75, 3.05) is 0 Å². The highest BCUT2D eigenvalue weighted by atomic mass is 16.5. The van der Waals surface area contributed by atoms with Gasteiger partial charge in [0.2, 0.25) is 0 Å². The van der Waals surface area contributed by atoms with Gasteiger partial charge in [-0.25, -0.2) is 9.59 Å². The predicted molar refractivity (Wildman–Crippen MR) is 91.7 cm³/mol. The van der Waals surface area contributed by atoms with Crippen molar-refractivity contribution in [1.29, 1.82) is 0 Å². The normalized spacial score (nSPS) is 14.2. The van der Waals surface area contributed by atoms with Crippen molar-refractivity contribution in [3.63, 3.8) is 0 Å². The lowest BCUT2D eigenvalue weighted by Crippen LogP contribution is -2.02. The van der Waals surface area contributed by atoms with E-state index >= 15 is 0 Å². The van der Waals surface area contributed by atoms with Gasteiger partial charge in [0.25, 0.3) is 0 Å². The summed E-state index contributed by atoms with van der Waals surface area (Å²) in [7, 11) is 0. The summed E-state index contributed by atoms with van der Waals surface area (Å²) in [4.78, 5) is 23.4. The molecule has 3 rings (SSSR count). The van der Waals surface area contributed by atoms with Crippen molar-refractivity contribution >= 4 is 23.6 Å². The van der Waals surface area contributed by atoms with E-state index in [1.54, 1.807) is 30.3 Å². The number of hydrogen-bond donors (Lipinski definition) is 0. The van der Waals surface area contributed by atoms with Crippen LogP contribution in [0.1, 0.15) is 22.3 Å². The molecule has 1 aliphatic heterocycles. The van der Waals surface area contributed by atoms with Crippen LogP contribution >= 0.6 is 0 Å². The van der Waals surface area contributed by atoms with Crippen LogP contribution in [0.2, 0.25) is 0 Å². The van der Waals surface area contributed by atoms with E-state index in [2.05, 4.69) is 6.58 Å². The first-order valence-electron chi connectivity index (χ1n) is 7.48. The van der Waals surface area contributed by atoms with E-state index in [1.807, 2.05) is 26.0 Å². The van der Waals surface area contributed by atoms with Crippen LogP contribution < -0.4 is 9.47 Å². The highest BCUT2D eigenvalue weighted by Crippen LogP contribution is 2.38. The third-order valence-corrected chi connectivity index (χ3v) is 3.70. The van der Waals surface area contributed by atoms with Gasteiger partial charge in [-0.3, -0.25) is 0 Å². The lowest BCUT2D eigenvalue weighted by atomic mass is 9.99. The summed E-state index contributed by atoms with van der Waals surface area (Å²) in [5.74, 6) is 0.165. The maximum Gasteiger partial charge on any atom is 0.344 e. The van der Waals surface area contributed by atoms with Gasteiger partial charge in [-0.15, -0.1) is 0 Å². The molecule has 0 aromatic heterocycles. The molecule has 0 fully saturated rings. The monoisotopic (exact) mass is 320 g/mol. The second-order valence-electron chi connectivity index (χ2n) is 5.60. The molecular formula is C20H16O4. The first-order chi connectivity index (χ1) is 11.5. The van der Waals surface area contributed by atoms with Crippen molar-refractivity contribution < 1.29 is 19.1 Å². The Hall–Kier alpha value is -3.14. The Balaban J connectivity index is 1.94. The van der Waals surface area contributed by atoms with Crippen molar-refractivity contribution in [2.45, 2.75) is 13.8 Å². The summed E-state index contributed by atoms with van der Waals surface area (Å²) < 4.78 is 10.4. The molecule has 4 nitrogen and oxygen atoms in total. The lowest BCUT2D eigenvalue weighted by molar-refractivity contribution is -0.129. The number of fused-ring (bicyclic) bond motifs is 1. The Morgan fingerprint density at radius 1 is 1.17 bits per heavy atom. The van der Waals surface area contributed by atoms with E-state index in [-0.39, 0.29) is 5.97 Å². The number of benzene rings is 2. The van der Waals surface area contributed by atoms with Gasteiger partial charge in [0.05, 0.1) is 5.57 Å². The molecule has 2 aromatic carbocycles. The Morgan fingerprint density at radius 2 is 1.88 bits per heavy atom. The van der Waals surface area contributed by atoms with Crippen molar-refractivity contribution in [2.24, 2.45) is 0 Å². The molecule has 1 heterocycles. The van der Waals surface area contributed by atoms with Gasteiger partial charge in [-0.05, 0) is 54.8 Å². The minimum atomic E-state index is -0.514. The number of hydrogen-bond acceptors (Lipinski definition) is 4. The predicted octanol–water partition coefficient (Wildman–Crippen LogP) is 3.85. The standard InChI is InChI=1S/C20H16O4/c1-4-18(21)23-15-7-5-14(6-8-15)11-17-16-10-12(2)9-13(3)19(16)24-20(17)22/h4-11H,1H2,2-3H3/b17-11-. The van der Waals surface area contributed by atoms with Crippen LogP contribution in [0.15, 0.2) is 49.1 Å². The summed E-state index contributed by atoms with van der Waals surface area (Å²) in [5, 5.41) is 0. The van der Waals surface area contributed by atoms with Gasteiger partial charge in [-0.1, -0.05) is 24.8 Å². The minimum absolute atomic E-state index is 0.360. The maximum atomic E-state index is 12.2. The molecule has 24 heavy (non-hydrogen) atoms. The molecule has 0 N–H and O–H groups in total. The van der Waals surface area contributed by atoms with Gasteiger partial charge in [0.15, 0.2) is 0 Å². The summed E-state index contributed by atoms with van der Waals surface area (Å²) in [5.41, 5.74) is 4.15. The lowest BCUT2D eigenvalue weighted by Gasteiger charge is -2.03. The number of ether oxygens (including phenoxy) is 2. The highest BCUT2D eigenvalue weighted by molar-refractivity contribution is 6.26. The van der Waals surface area contributed by atoms with Crippen molar-refractivity contribution in [3.8, 4) is 11.5 Å². The quantitative estimate of drug-likeness (QED) is 0.489. The molecule has 4 heteroatoms. The molecule has 0 spiro atoms. The Morgan fingerprint density at radius 3 is 2.54 bits per heavy atom. The number of aryl methyl sites for hydroxylation is 2. The number of esters is 2. The average molecular weight is 320 g/mol. The van der Waals surface area contributed by atoms with E-state index < -0.39 is 5.97 Å². The van der Waals surface area contributed by atoms with Gasteiger partial charge in [0.1, 0.15) is 11.5 Å². The first-order valence-corrected chi connectivity index (χ1v) is 7.48. The minimum Gasteiger partial charge on any atom is -0.423 e. The molecule has 120 valence electrons. The van der Waals surface area contributed by atoms with Gasteiger partial charge in [0, 0.05) is 11.6 Å². The Kier molecular flexibility index (Phi) is 4.04. The molecule has 0 amide bonds. The summed E-state index contributed by atoms with van der Waals surface area (Å²) in [6, 6.07) is 10.8. The molecule has 0 radical (unpaired) electrons. The van der Waals surface area contributed by atoms with Crippen molar-refractivity contribution in [3.05, 3.63) is 71.3 Å². The van der Waals surface area contributed by atoms with E-state index in [0.29, 0.717) is 17.1 Å². The number of carbonyl (C=O) groups excluding carboxylic acids is 2.